The van der Waals surface area contributed by atoms with E-state index in [1.807, 2.05) is 31.6 Å². The van der Waals surface area contributed by atoms with Gasteiger partial charge in [0.1, 0.15) is 0 Å². The molecule has 0 bridgehead atoms. The van der Waals surface area contributed by atoms with Crippen LogP contribution in [-0.2, 0) is 18.3 Å². The molecule has 2 heterocycles. The topological polar surface area (TPSA) is 53.4 Å². The van der Waals surface area contributed by atoms with E-state index >= 15 is 0 Å². The van der Waals surface area contributed by atoms with Gasteiger partial charge in [0.15, 0.2) is 0 Å². The van der Waals surface area contributed by atoms with Gasteiger partial charge >= 0.3 is 0 Å². The molecule has 0 saturated carbocycles. The molecule has 1 amide bonds. The standard InChI is InChI=1S/C21H31N5O/c1-6-25-9-11-26(12-10-25)18-7-8-20(15(2)13-18)22-21(27)14-19-16(3)23-24(5)17(19)4/h7-8,13H,6,9-12,14H2,1-5H3,(H,22,27). The molecule has 1 aliphatic rings. The minimum absolute atomic E-state index is 0.00149. The number of hydrogen-bond donors (Lipinski definition) is 1. The van der Waals surface area contributed by atoms with Crippen molar-refractivity contribution < 1.29 is 4.79 Å². The number of nitrogens with one attached hydrogen (secondary N) is 1. The van der Waals surface area contributed by atoms with Crippen molar-refractivity contribution in [3.05, 3.63) is 40.7 Å². The molecule has 0 radical (unpaired) electrons. The second-order valence-electron chi connectivity index (χ2n) is 7.42. The van der Waals surface area contributed by atoms with E-state index in [0.29, 0.717) is 6.42 Å². The zero-order valence-corrected chi connectivity index (χ0v) is 17.2. The first-order chi connectivity index (χ1) is 12.9. The van der Waals surface area contributed by atoms with E-state index in [4.69, 9.17) is 0 Å². The van der Waals surface area contributed by atoms with Gasteiger partial charge in [0.25, 0.3) is 0 Å². The molecule has 3 rings (SSSR count). The smallest absolute Gasteiger partial charge is 0.228 e. The van der Waals surface area contributed by atoms with Gasteiger partial charge in [-0.25, -0.2) is 0 Å². The Morgan fingerprint density at radius 1 is 1.15 bits per heavy atom. The summed E-state index contributed by atoms with van der Waals surface area (Å²) in [6, 6.07) is 6.32. The zero-order valence-electron chi connectivity index (χ0n) is 17.2. The van der Waals surface area contributed by atoms with E-state index in [0.717, 1.165) is 60.9 Å². The highest BCUT2D eigenvalue weighted by Crippen LogP contribution is 2.24. The number of aromatic nitrogens is 2. The van der Waals surface area contributed by atoms with Gasteiger partial charge < -0.3 is 15.1 Å². The van der Waals surface area contributed by atoms with Gasteiger partial charge in [0, 0.05) is 55.9 Å². The molecule has 1 fully saturated rings. The van der Waals surface area contributed by atoms with Gasteiger partial charge in [0.05, 0.1) is 12.1 Å². The molecule has 27 heavy (non-hydrogen) atoms. The molecule has 6 heteroatoms. The third-order valence-corrected chi connectivity index (χ3v) is 5.66. The zero-order chi connectivity index (χ0) is 19.6. The number of carbonyl (C=O) groups is 1. The number of likely N-dealkylation sites (N-methyl/N-ethyl adjacent to an activating group) is 1. The van der Waals surface area contributed by atoms with Crippen molar-refractivity contribution in [2.75, 3.05) is 42.9 Å². The van der Waals surface area contributed by atoms with Gasteiger partial charge in [-0.2, -0.15) is 5.10 Å². The maximum atomic E-state index is 12.5. The maximum Gasteiger partial charge on any atom is 0.228 e. The monoisotopic (exact) mass is 369 g/mol. The number of anilines is 2. The van der Waals surface area contributed by atoms with Crippen LogP contribution < -0.4 is 10.2 Å². The van der Waals surface area contributed by atoms with Crippen LogP contribution >= 0.6 is 0 Å². The number of carbonyl (C=O) groups excluding carboxylic acids is 1. The van der Waals surface area contributed by atoms with Gasteiger partial charge in [-0.15, -0.1) is 0 Å². The van der Waals surface area contributed by atoms with Crippen LogP contribution in [0.25, 0.3) is 0 Å². The van der Waals surface area contributed by atoms with Gasteiger partial charge in [-0.3, -0.25) is 9.48 Å². The maximum absolute atomic E-state index is 12.5. The average Bonchev–Trinajstić information content (AvgIpc) is 2.89. The summed E-state index contributed by atoms with van der Waals surface area (Å²) < 4.78 is 1.83. The number of amides is 1. The lowest BCUT2D eigenvalue weighted by Gasteiger charge is -2.35. The molecular weight excluding hydrogens is 338 g/mol. The normalized spacial score (nSPS) is 15.2. The van der Waals surface area contributed by atoms with E-state index in [-0.39, 0.29) is 5.91 Å². The minimum Gasteiger partial charge on any atom is -0.369 e. The Bertz CT molecular complexity index is 818. The number of rotatable bonds is 5. The third-order valence-electron chi connectivity index (χ3n) is 5.66. The Kier molecular flexibility index (Phi) is 5.85. The molecule has 1 aromatic carbocycles. The number of nitrogens with zero attached hydrogens (tertiary/aromatic N) is 4. The van der Waals surface area contributed by atoms with Crippen molar-refractivity contribution in [2.45, 2.75) is 34.1 Å². The molecule has 2 aromatic rings. The number of aryl methyl sites for hydroxylation is 3. The summed E-state index contributed by atoms with van der Waals surface area (Å²) in [6.45, 7) is 13.7. The highest BCUT2D eigenvalue weighted by atomic mass is 16.1. The first-order valence-corrected chi connectivity index (χ1v) is 9.76. The summed E-state index contributed by atoms with van der Waals surface area (Å²) >= 11 is 0. The Hall–Kier alpha value is -2.34. The largest absolute Gasteiger partial charge is 0.369 e. The van der Waals surface area contributed by atoms with Crippen molar-refractivity contribution >= 4 is 17.3 Å². The van der Waals surface area contributed by atoms with Crippen molar-refractivity contribution in [2.24, 2.45) is 7.05 Å². The van der Waals surface area contributed by atoms with Crippen LogP contribution in [0.1, 0.15) is 29.4 Å². The van der Waals surface area contributed by atoms with Crippen LogP contribution in [0.3, 0.4) is 0 Å². The summed E-state index contributed by atoms with van der Waals surface area (Å²) in [5, 5.41) is 7.46. The molecular formula is C21H31N5O. The molecule has 146 valence electrons. The Labute approximate surface area is 162 Å². The van der Waals surface area contributed by atoms with E-state index in [2.05, 4.69) is 46.2 Å². The number of piperazine rings is 1. The van der Waals surface area contributed by atoms with E-state index < -0.39 is 0 Å². The summed E-state index contributed by atoms with van der Waals surface area (Å²) in [7, 11) is 1.91. The molecule has 1 aliphatic heterocycles. The molecule has 0 spiro atoms. The average molecular weight is 370 g/mol. The molecule has 0 atom stereocenters. The van der Waals surface area contributed by atoms with Gasteiger partial charge in [-0.05, 0) is 51.1 Å². The van der Waals surface area contributed by atoms with Gasteiger partial charge in [0.2, 0.25) is 5.91 Å². The summed E-state index contributed by atoms with van der Waals surface area (Å²) in [5.74, 6) is 0.00149. The predicted octanol–water partition coefficient (Wildman–Crippen LogP) is 2.67. The van der Waals surface area contributed by atoms with Crippen LogP contribution in [-0.4, -0.2) is 53.3 Å². The first kappa shape index (κ1) is 19.4. The predicted molar refractivity (Wildman–Crippen MR) is 111 cm³/mol. The minimum atomic E-state index is 0.00149. The molecule has 1 saturated heterocycles. The fraction of sp³-hybridized carbons (Fsp3) is 0.524. The Morgan fingerprint density at radius 2 is 1.85 bits per heavy atom. The fourth-order valence-corrected chi connectivity index (χ4v) is 3.74. The fourth-order valence-electron chi connectivity index (χ4n) is 3.74. The highest BCUT2D eigenvalue weighted by molar-refractivity contribution is 5.93. The lowest BCUT2D eigenvalue weighted by molar-refractivity contribution is -0.115. The quantitative estimate of drug-likeness (QED) is 0.880. The summed E-state index contributed by atoms with van der Waals surface area (Å²) in [6.07, 6.45) is 0.353. The van der Waals surface area contributed by atoms with Crippen molar-refractivity contribution in [3.63, 3.8) is 0 Å². The lowest BCUT2D eigenvalue weighted by Crippen LogP contribution is -2.46. The van der Waals surface area contributed by atoms with Crippen LogP contribution in [0.2, 0.25) is 0 Å². The summed E-state index contributed by atoms with van der Waals surface area (Å²) in [5.41, 5.74) is 6.19. The van der Waals surface area contributed by atoms with Crippen LogP contribution in [0.15, 0.2) is 18.2 Å². The highest BCUT2D eigenvalue weighted by Gasteiger charge is 2.17. The van der Waals surface area contributed by atoms with Gasteiger partial charge in [-0.1, -0.05) is 6.92 Å². The third kappa shape index (κ3) is 4.33. The van der Waals surface area contributed by atoms with E-state index in [1.54, 1.807) is 0 Å². The molecule has 1 N–H and O–H groups in total. The Morgan fingerprint density at radius 3 is 2.41 bits per heavy atom. The van der Waals surface area contributed by atoms with E-state index in [9.17, 15) is 4.79 Å². The molecule has 6 nitrogen and oxygen atoms in total. The first-order valence-electron chi connectivity index (χ1n) is 9.76. The Balaban J connectivity index is 1.65. The van der Waals surface area contributed by atoms with Crippen molar-refractivity contribution in [1.29, 1.82) is 0 Å². The lowest BCUT2D eigenvalue weighted by atomic mass is 10.1. The molecule has 0 aliphatic carbocycles. The van der Waals surface area contributed by atoms with Crippen LogP contribution in [0.4, 0.5) is 11.4 Å². The SMILES string of the molecule is CCN1CCN(c2ccc(NC(=O)Cc3c(C)nn(C)c3C)c(C)c2)CC1. The molecule has 0 unspecified atom stereocenters. The van der Waals surface area contributed by atoms with Crippen molar-refractivity contribution in [1.82, 2.24) is 14.7 Å². The number of hydrogen-bond acceptors (Lipinski definition) is 4. The second-order valence-corrected chi connectivity index (χ2v) is 7.42. The van der Waals surface area contributed by atoms with Crippen molar-refractivity contribution in [3.8, 4) is 0 Å². The van der Waals surface area contributed by atoms with Crippen LogP contribution in [0, 0.1) is 20.8 Å². The second kappa shape index (κ2) is 8.13. The summed E-state index contributed by atoms with van der Waals surface area (Å²) in [4.78, 5) is 17.4. The number of benzene rings is 1. The molecule has 1 aromatic heterocycles. The van der Waals surface area contributed by atoms with E-state index in [1.165, 1.54) is 5.69 Å². The van der Waals surface area contributed by atoms with Crippen LogP contribution in [0.5, 0.6) is 0 Å².